The second kappa shape index (κ2) is 5.48. The molecule has 3 N–H and O–H groups in total. The maximum absolute atomic E-state index is 11.9. The SMILES string of the molecule is O=C(N[C@@H]1CCCCNC1=O)c1ccc(=O)[nH]c1. The van der Waals surface area contributed by atoms with Gasteiger partial charge in [0, 0.05) is 18.8 Å². The van der Waals surface area contributed by atoms with Gasteiger partial charge in [-0.05, 0) is 25.3 Å². The van der Waals surface area contributed by atoms with Crippen LogP contribution in [0.15, 0.2) is 23.1 Å². The quantitative estimate of drug-likeness (QED) is 0.676. The summed E-state index contributed by atoms with van der Waals surface area (Å²) in [6, 6.07) is 2.22. The molecule has 0 bridgehead atoms. The molecule has 0 unspecified atom stereocenters. The number of hydrogen-bond acceptors (Lipinski definition) is 3. The first kappa shape index (κ1) is 12.3. The summed E-state index contributed by atoms with van der Waals surface area (Å²) in [7, 11) is 0. The van der Waals surface area contributed by atoms with Crippen molar-refractivity contribution < 1.29 is 9.59 Å². The third-order valence-corrected chi connectivity index (χ3v) is 2.89. The molecule has 1 aliphatic rings. The topological polar surface area (TPSA) is 91.1 Å². The highest BCUT2D eigenvalue weighted by Gasteiger charge is 2.22. The average molecular weight is 249 g/mol. The highest BCUT2D eigenvalue weighted by atomic mass is 16.2. The molecule has 0 spiro atoms. The fourth-order valence-electron chi connectivity index (χ4n) is 1.87. The van der Waals surface area contributed by atoms with Crippen molar-refractivity contribution in [1.82, 2.24) is 15.6 Å². The van der Waals surface area contributed by atoms with E-state index in [1.165, 1.54) is 18.3 Å². The van der Waals surface area contributed by atoms with Gasteiger partial charge in [0.1, 0.15) is 6.04 Å². The van der Waals surface area contributed by atoms with Crippen LogP contribution in [0.5, 0.6) is 0 Å². The van der Waals surface area contributed by atoms with Gasteiger partial charge in [0.05, 0.1) is 5.56 Å². The molecular weight excluding hydrogens is 234 g/mol. The van der Waals surface area contributed by atoms with Crippen molar-refractivity contribution in [3.8, 4) is 0 Å². The maximum Gasteiger partial charge on any atom is 0.253 e. The molecule has 2 heterocycles. The molecular formula is C12H15N3O3. The van der Waals surface area contributed by atoms with E-state index in [4.69, 9.17) is 0 Å². The lowest BCUT2D eigenvalue weighted by atomic mass is 10.1. The molecule has 0 aromatic carbocycles. The lowest BCUT2D eigenvalue weighted by Crippen LogP contribution is -2.45. The predicted molar refractivity (Wildman–Crippen MR) is 65.2 cm³/mol. The zero-order valence-electron chi connectivity index (χ0n) is 9.86. The first-order valence-electron chi connectivity index (χ1n) is 5.94. The van der Waals surface area contributed by atoms with E-state index in [2.05, 4.69) is 15.6 Å². The van der Waals surface area contributed by atoms with Crippen molar-refractivity contribution in [3.63, 3.8) is 0 Å². The largest absolute Gasteiger partial charge is 0.354 e. The minimum Gasteiger partial charge on any atom is -0.354 e. The van der Waals surface area contributed by atoms with E-state index >= 15 is 0 Å². The van der Waals surface area contributed by atoms with Gasteiger partial charge in [-0.15, -0.1) is 0 Å². The van der Waals surface area contributed by atoms with Crippen molar-refractivity contribution in [2.75, 3.05) is 6.54 Å². The standard InChI is InChI=1S/C12H15N3O3/c16-10-5-4-8(7-14-10)11(17)15-9-3-1-2-6-13-12(9)18/h4-5,7,9H,1-3,6H2,(H,13,18)(H,14,16)(H,15,17)/t9-/m1/s1. The molecule has 0 saturated carbocycles. The van der Waals surface area contributed by atoms with Crippen LogP contribution in [0, 0.1) is 0 Å². The summed E-state index contributed by atoms with van der Waals surface area (Å²) in [6.07, 6.45) is 3.80. The Labute approximate surface area is 104 Å². The molecule has 1 saturated heterocycles. The van der Waals surface area contributed by atoms with Crippen LogP contribution in [0.25, 0.3) is 0 Å². The van der Waals surface area contributed by atoms with Gasteiger partial charge in [-0.1, -0.05) is 0 Å². The first-order chi connectivity index (χ1) is 8.66. The van der Waals surface area contributed by atoms with E-state index in [1.54, 1.807) is 0 Å². The van der Waals surface area contributed by atoms with Gasteiger partial charge >= 0.3 is 0 Å². The minimum atomic E-state index is -0.494. The molecule has 0 aliphatic carbocycles. The van der Waals surface area contributed by atoms with Crippen molar-refractivity contribution in [3.05, 3.63) is 34.2 Å². The van der Waals surface area contributed by atoms with Crippen LogP contribution in [0.2, 0.25) is 0 Å². The molecule has 1 atom stereocenters. The summed E-state index contributed by atoms with van der Waals surface area (Å²) in [6.45, 7) is 0.657. The van der Waals surface area contributed by atoms with Crippen molar-refractivity contribution in [2.45, 2.75) is 25.3 Å². The van der Waals surface area contributed by atoms with Gasteiger partial charge in [-0.2, -0.15) is 0 Å². The van der Waals surface area contributed by atoms with E-state index < -0.39 is 6.04 Å². The van der Waals surface area contributed by atoms with E-state index in [0.29, 0.717) is 18.5 Å². The fraction of sp³-hybridized carbons (Fsp3) is 0.417. The number of carbonyl (C=O) groups excluding carboxylic acids is 2. The second-order valence-electron chi connectivity index (χ2n) is 4.25. The Morgan fingerprint density at radius 2 is 2.11 bits per heavy atom. The molecule has 6 heteroatoms. The third kappa shape index (κ3) is 2.97. The normalized spacial score (nSPS) is 19.8. The van der Waals surface area contributed by atoms with E-state index in [9.17, 15) is 14.4 Å². The molecule has 6 nitrogen and oxygen atoms in total. The van der Waals surface area contributed by atoms with Gasteiger partial charge < -0.3 is 15.6 Å². The summed E-state index contributed by atoms with van der Waals surface area (Å²) in [4.78, 5) is 36.8. The summed E-state index contributed by atoms with van der Waals surface area (Å²) in [5.74, 6) is -0.501. The predicted octanol–water partition coefficient (Wildman–Crippen LogP) is -0.227. The Hall–Kier alpha value is -2.11. The first-order valence-corrected chi connectivity index (χ1v) is 5.94. The minimum absolute atomic E-state index is 0.148. The van der Waals surface area contributed by atoms with Gasteiger partial charge in [0.15, 0.2) is 0 Å². The Kier molecular flexibility index (Phi) is 3.76. The zero-order chi connectivity index (χ0) is 13.0. The molecule has 1 aromatic rings. The van der Waals surface area contributed by atoms with E-state index in [-0.39, 0.29) is 17.4 Å². The number of nitrogens with one attached hydrogen (secondary N) is 3. The van der Waals surface area contributed by atoms with Crippen molar-refractivity contribution in [2.24, 2.45) is 0 Å². The van der Waals surface area contributed by atoms with Crippen LogP contribution in [0.1, 0.15) is 29.6 Å². The summed E-state index contributed by atoms with van der Waals surface area (Å²) in [5.41, 5.74) is 0.0745. The highest BCUT2D eigenvalue weighted by Crippen LogP contribution is 2.06. The number of hydrogen-bond donors (Lipinski definition) is 3. The second-order valence-corrected chi connectivity index (χ2v) is 4.25. The van der Waals surface area contributed by atoms with Crippen LogP contribution in [0.3, 0.4) is 0 Å². The molecule has 18 heavy (non-hydrogen) atoms. The highest BCUT2D eigenvalue weighted by molar-refractivity contribution is 5.97. The number of rotatable bonds is 2. The summed E-state index contributed by atoms with van der Waals surface area (Å²) >= 11 is 0. The molecule has 1 aromatic heterocycles. The fourth-order valence-corrected chi connectivity index (χ4v) is 1.87. The van der Waals surface area contributed by atoms with Crippen molar-refractivity contribution in [1.29, 1.82) is 0 Å². The molecule has 96 valence electrons. The number of amides is 2. The van der Waals surface area contributed by atoms with Crippen LogP contribution in [0.4, 0.5) is 0 Å². The van der Waals surface area contributed by atoms with Crippen LogP contribution in [-0.4, -0.2) is 29.4 Å². The van der Waals surface area contributed by atoms with Gasteiger partial charge in [-0.25, -0.2) is 0 Å². The molecule has 2 amide bonds. The van der Waals surface area contributed by atoms with Crippen LogP contribution in [-0.2, 0) is 4.79 Å². The molecule has 1 fully saturated rings. The summed E-state index contributed by atoms with van der Waals surface area (Å²) < 4.78 is 0. The van der Waals surface area contributed by atoms with Gasteiger partial charge in [0.2, 0.25) is 11.5 Å². The lowest BCUT2D eigenvalue weighted by molar-refractivity contribution is -0.122. The Balaban J connectivity index is 2.03. The van der Waals surface area contributed by atoms with Crippen LogP contribution < -0.4 is 16.2 Å². The monoisotopic (exact) mass is 249 g/mol. The molecule has 0 radical (unpaired) electrons. The number of H-pyrrole nitrogens is 1. The number of aromatic amines is 1. The molecule has 2 rings (SSSR count). The number of carbonyl (C=O) groups is 2. The van der Waals surface area contributed by atoms with Gasteiger partial charge in [-0.3, -0.25) is 14.4 Å². The smallest absolute Gasteiger partial charge is 0.253 e. The Bertz CT molecular complexity index is 489. The Morgan fingerprint density at radius 3 is 2.83 bits per heavy atom. The zero-order valence-corrected chi connectivity index (χ0v) is 9.86. The van der Waals surface area contributed by atoms with E-state index in [0.717, 1.165) is 12.8 Å². The van der Waals surface area contributed by atoms with Gasteiger partial charge in [0.25, 0.3) is 5.91 Å². The number of aromatic nitrogens is 1. The summed E-state index contributed by atoms with van der Waals surface area (Å²) in [5, 5.41) is 5.42. The average Bonchev–Trinajstić information content (AvgIpc) is 2.56. The maximum atomic E-state index is 11.9. The third-order valence-electron chi connectivity index (χ3n) is 2.89. The lowest BCUT2D eigenvalue weighted by Gasteiger charge is -2.14. The Morgan fingerprint density at radius 1 is 1.28 bits per heavy atom. The van der Waals surface area contributed by atoms with Crippen molar-refractivity contribution >= 4 is 11.8 Å². The molecule has 1 aliphatic heterocycles. The number of pyridine rings is 1. The van der Waals surface area contributed by atoms with Crippen LogP contribution >= 0.6 is 0 Å². The van der Waals surface area contributed by atoms with E-state index in [1.807, 2.05) is 0 Å².